The summed E-state index contributed by atoms with van der Waals surface area (Å²) in [4.78, 5) is 15.0. The summed E-state index contributed by atoms with van der Waals surface area (Å²) in [5.74, 6) is -1.55. The van der Waals surface area contributed by atoms with Gasteiger partial charge in [0.2, 0.25) is 0 Å². The molecule has 1 heterocycles. The van der Waals surface area contributed by atoms with Crippen LogP contribution in [0.1, 0.15) is 17.3 Å². The van der Waals surface area contributed by atoms with Crippen LogP contribution in [0.4, 0.5) is 15.9 Å². The molecule has 0 amide bonds. The van der Waals surface area contributed by atoms with Crippen molar-refractivity contribution in [3.05, 3.63) is 46.9 Å². The first kappa shape index (κ1) is 15.1. The summed E-state index contributed by atoms with van der Waals surface area (Å²) in [6, 6.07) is 6.90. The molecule has 1 aromatic carbocycles. The van der Waals surface area contributed by atoms with E-state index >= 15 is 0 Å². The Morgan fingerprint density at radius 1 is 1.43 bits per heavy atom. The molecule has 0 saturated carbocycles. The van der Waals surface area contributed by atoms with Gasteiger partial charge in [-0.3, -0.25) is 0 Å². The second kappa shape index (κ2) is 6.41. The normalized spacial score (nSPS) is 10.2. The monoisotopic (exact) mass is 310 g/mol. The van der Waals surface area contributed by atoms with Gasteiger partial charge in [0.1, 0.15) is 16.5 Å². The van der Waals surface area contributed by atoms with Crippen LogP contribution in [0, 0.1) is 5.82 Å². The molecule has 2 N–H and O–H groups in total. The minimum Gasteiger partial charge on any atom is -0.491 e. The lowest BCUT2D eigenvalue weighted by molar-refractivity contribution is 0.0697. The Balaban J connectivity index is 2.32. The summed E-state index contributed by atoms with van der Waals surface area (Å²) in [5.41, 5.74) is 0.280. The fourth-order valence-corrected chi connectivity index (χ4v) is 1.84. The lowest BCUT2D eigenvalue weighted by Crippen LogP contribution is -2.05. The van der Waals surface area contributed by atoms with Crippen molar-refractivity contribution >= 4 is 29.1 Å². The number of aromatic nitrogens is 1. The molecule has 110 valence electrons. The molecule has 2 rings (SSSR count). The van der Waals surface area contributed by atoms with Gasteiger partial charge in [-0.05, 0) is 31.2 Å². The van der Waals surface area contributed by atoms with Crippen molar-refractivity contribution in [2.24, 2.45) is 0 Å². The Hall–Kier alpha value is -2.34. The minimum atomic E-state index is -1.16. The van der Waals surface area contributed by atoms with Crippen molar-refractivity contribution < 1.29 is 19.0 Å². The Morgan fingerprint density at radius 2 is 2.19 bits per heavy atom. The van der Waals surface area contributed by atoms with Crippen LogP contribution in [0.25, 0.3) is 0 Å². The molecule has 0 spiro atoms. The molecule has 0 aliphatic carbocycles. The number of carboxylic acid groups (broad SMARTS) is 1. The lowest BCUT2D eigenvalue weighted by atomic mass is 10.2. The predicted molar refractivity (Wildman–Crippen MR) is 77.1 cm³/mol. The highest BCUT2D eigenvalue weighted by Gasteiger charge is 2.13. The molecule has 0 saturated heterocycles. The molecule has 0 bridgehead atoms. The highest BCUT2D eigenvalue weighted by molar-refractivity contribution is 6.29. The number of benzene rings is 1. The van der Waals surface area contributed by atoms with Crippen molar-refractivity contribution in [2.45, 2.75) is 6.92 Å². The van der Waals surface area contributed by atoms with Crippen LogP contribution < -0.4 is 10.1 Å². The molecule has 0 atom stereocenters. The van der Waals surface area contributed by atoms with Crippen LogP contribution in [0.5, 0.6) is 5.75 Å². The van der Waals surface area contributed by atoms with Crippen molar-refractivity contribution in [3.63, 3.8) is 0 Å². The van der Waals surface area contributed by atoms with E-state index in [0.29, 0.717) is 12.3 Å². The number of aromatic carboxylic acids is 1. The van der Waals surface area contributed by atoms with E-state index in [2.05, 4.69) is 10.3 Å². The number of ether oxygens (including phenoxy) is 1. The zero-order valence-corrected chi connectivity index (χ0v) is 11.8. The maximum Gasteiger partial charge on any atom is 0.339 e. The molecule has 2 aromatic rings. The number of pyridine rings is 1. The SMILES string of the molecule is CCOc1ccc(Nc2nc(Cl)ccc2C(=O)O)cc1F. The lowest BCUT2D eigenvalue weighted by Gasteiger charge is -2.10. The van der Waals surface area contributed by atoms with E-state index in [1.807, 2.05) is 0 Å². The zero-order chi connectivity index (χ0) is 15.4. The zero-order valence-electron chi connectivity index (χ0n) is 11.1. The van der Waals surface area contributed by atoms with E-state index < -0.39 is 11.8 Å². The third-order valence-corrected chi connectivity index (χ3v) is 2.80. The number of halogens is 2. The quantitative estimate of drug-likeness (QED) is 0.824. The molecule has 1 aromatic heterocycles. The second-order valence-electron chi connectivity index (χ2n) is 4.04. The van der Waals surface area contributed by atoms with E-state index in [0.717, 1.165) is 0 Å². The Labute approximate surface area is 125 Å². The summed E-state index contributed by atoms with van der Waals surface area (Å²) in [6.45, 7) is 2.10. The van der Waals surface area contributed by atoms with Crippen molar-refractivity contribution in [1.29, 1.82) is 0 Å². The van der Waals surface area contributed by atoms with Gasteiger partial charge in [-0.1, -0.05) is 11.6 Å². The standard InChI is InChI=1S/C14H12ClFN2O3/c1-2-21-11-5-3-8(7-10(11)16)17-13-9(14(19)20)4-6-12(15)18-13/h3-7H,2H2,1H3,(H,17,18)(H,19,20). The van der Waals surface area contributed by atoms with Crippen LogP contribution in [-0.2, 0) is 0 Å². The molecular formula is C14H12ClFN2O3. The van der Waals surface area contributed by atoms with E-state index in [9.17, 15) is 9.18 Å². The average Bonchev–Trinajstić information content (AvgIpc) is 2.42. The van der Waals surface area contributed by atoms with Crippen LogP contribution in [-0.4, -0.2) is 22.7 Å². The summed E-state index contributed by atoms with van der Waals surface area (Å²) >= 11 is 5.75. The summed E-state index contributed by atoms with van der Waals surface area (Å²) in [6.07, 6.45) is 0. The van der Waals surface area contributed by atoms with Gasteiger partial charge >= 0.3 is 5.97 Å². The van der Waals surface area contributed by atoms with Gasteiger partial charge < -0.3 is 15.2 Å². The fourth-order valence-electron chi connectivity index (χ4n) is 1.69. The first-order valence-electron chi connectivity index (χ1n) is 6.10. The summed E-state index contributed by atoms with van der Waals surface area (Å²) < 4.78 is 18.8. The van der Waals surface area contributed by atoms with Gasteiger partial charge in [0.05, 0.1) is 6.61 Å². The van der Waals surface area contributed by atoms with Gasteiger partial charge in [0, 0.05) is 11.8 Å². The number of carbonyl (C=O) groups is 1. The number of anilines is 2. The largest absolute Gasteiger partial charge is 0.491 e. The maximum atomic E-state index is 13.8. The van der Waals surface area contributed by atoms with Crippen LogP contribution in [0.15, 0.2) is 30.3 Å². The number of carboxylic acids is 1. The van der Waals surface area contributed by atoms with Crippen molar-refractivity contribution in [2.75, 3.05) is 11.9 Å². The van der Waals surface area contributed by atoms with Gasteiger partial charge in [0.15, 0.2) is 11.6 Å². The Morgan fingerprint density at radius 3 is 2.81 bits per heavy atom. The fraction of sp³-hybridized carbons (Fsp3) is 0.143. The number of hydrogen-bond acceptors (Lipinski definition) is 4. The molecule has 0 radical (unpaired) electrons. The number of hydrogen-bond donors (Lipinski definition) is 2. The topological polar surface area (TPSA) is 71.5 Å². The third kappa shape index (κ3) is 3.61. The molecule has 0 aliphatic rings. The van der Waals surface area contributed by atoms with Gasteiger partial charge in [0.25, 0.3) is 0 Å². The average molecular weight is 311 g/mol. The maximum absolute atomic E-state index is 13.8. The molecule has 21 heavy (non-hydrogen) atoms. The Kier molecular flexibility index (Phi) is 4.59. The summed E-state index contributed by atoms with van der Waals surface area (Å²) in [5, 5.41) is 12.0. The Bertz CT molecular complexity index is 679. The highest BCUT2D eigenvalue weighted by Crippen LogP contribution is 2.25. The van der Waals surface area contributed by atoms with Crippen LogP contribution in [0.3, 0.4) is 0 Å². The summed E-state index contributed by atoms with van der Waals surface area (Å²) in [7, 11) is 0. The van der Waals surface area contributed by atoms with Crippen molar-refractivity contribution in [3.8, 4) is 5.75 Å². The molecule has 0 fully saturated rings. The number of nitrogens with one attached hydrogen (secondary N) is 1. The molecular weight excluding hydrogens is 299 g/mol. The van der Waals surface area contributed by atoms with E-state index in [1.54, 1.807) is 13.0 Å². The van der Waals surface area contributed by atoms with Crippen molar-refractivity contribution in [1.82, 2.24) is 4.98 Å². The van der Waals surface area contributed by atoms with Gasteiger partial charge in [-0.2, -0.15) is 0 Å². The van der Waals surface area contributed by atoms with Crippen LogP contribution in [0.2, 0.25) is 5.15 Å². The van der Waals surface area contributed by atoms with E-state index in [-0.39, 0.29) is 22.3 Å². The number of nitrogens with zero attached hydrogens (tertiary/aromatic N) is 1. The second-order valence-corrected chi connectivity index (χ2v) is 4.43. The highest BCUT2D eigenvalue weighted by atomic mass is 35.5. The minimum absolute atomic E-state index is 0.0403. The molecule has 5 nitrogen and oxygen atoms in total. The van der Waals surface area contributed by atoms with Crippen LogP contribution >= 0.6 is 11.6 Å². The third-order valence-electron chi connectivity index (χ3n) is 2.59. The van der Waals surface area contributed by atoms with Gasteiger partial charge in [-0.25, -0.2) is 14.2 Å². The predicted octanol–water partition coefficient (Wildman–Crippen LogP) is 3.71. The van der Waals surface area contributed by atoms with Gasteiger partial charge in [-0.15, -0.1) is 0 Å². The van der Waals surface area contributed by atoms with E-state index in [1.165, 1.54) is 24.3 Å². The molecule has 0 aliphatic heterocycles. The molecule has 0 unspecified atom stereocenters. The first-order valence-corrected chi connectivity index (χ1v) is 6.48. The smallest absolute Gasteiger partial charge is 0.339 e. The first-order chi connectivity index (χ1) is 10.0. The molecule has 7 heteroatoms. The van der Waals surface area contributed by atoms with E-state index in [4.69, 9.17) is 21.4 Å². The number of rotatable bonds is 5.